The quantitative estimate of drug-likeness (QED) is 0.751. The van der Waals surface area contributed by atoms with Gasteiger partial charge in [0.05, 0.1) is 17.7 Å². The highest BCUT2D eigenvalue weighted by Gasteiger charge is 2.52. The molecule has 2 atom stereocenters. The van der Waals surface area contributed by atoms with E-state index in [2.05, 4.69) is 5.32 Å². The lowest BCUT2D eigenvalue weighted by molar-refractivity contribution is -0.135. The molecule has 2 saturated heterocycles. The molecule has 2 heterocycles. The lowest BCUT2D eigenvalue weighted by atomic mass is 10.2. The number of halogens is 1. The number of fused-ring (bicyclic) bond motifs is 1. The average molecular weight is 433 g/mol. The number of carbonyl (C=O) groups excluding carboxylic acids is 2. The Hall–Kier alpha value is -2.38. The van der Waals surface area contributed by atoms with Gasteiger partial charge in [-0.05, 0) is 55.8 Å². The smallest absolute Gasteiger partial charge is 0.248 e. The molecular formula is C21H21ClN2O4S. The predicted molar refractivity (Wildman–Crippen MR) is 114 cm³/mol. The van der Waals surface area contributed by atoms with Gasteiger partial charge in [0.15, 0.2) is 5.75 Å². The first-order chi connectivity index (χ1) is 13.9. The molecule has 0 spiro atoms. The highest BCUT2D eigenvalue weighted by molar-refractivity contribution is 8.01. The van der Waals surface area contributed by atoms with Gasteiger partial charge >= 0.3 is 0 Å². The van der Waals surface area contributed by atoms with E-state index in [0.717, 1.165) is 12.2 Å². The second-order valence-electron chi connectivity index (χ2n) is 7.17. The first kappa shape index (κ1) is 19.9. The fraction of sp³-hybridized carbons (Fsp3) is 0.333. The van der Waals surface area contributed by atoms with Crippen molar-refractivity contribution >= 4 is 40.9 Å². The van der Waals surface area contributed by atoms with Gasteiger partial charge in [0.25, 0.3) is 0 Å². The largest absolute Gasteiger partial charge is 0.497 e. The second kappa shape index (κ2) is 7.80. The van der Waals surface area contributed by atoms with Crippen molar-refractivity contribution < 1.29 is 19.1 Å². The molecule has 2 aromatic rings. The number of ether oxygens (including phenoxy) is 2. The Morgan fingerprint density at radius 1 is 1.24 bits per heavy atom. The van der Waals surface area contributed by atoms with E-state index in [1.54, 1.807) is 66.2 Å². The Balaban J connectivity index is 1.54. The Morgan fingerprint density at radius 2 is 1.97 bits per heavy atom. The number of hydrogen-bond donors (Lipinski definition) is 1. The van der Waals surface area contributed by atoms with E-state index < -0.39 is 6.04 Å². The van der Waals surface area contributed by atoms with E-state index in [1.165, 1.54) is 0 Å². The van der Waals surface area contributed by atoms with E-state index in [-0.39, 0.29) is 16.7 Å². The molecule has 1 N–H and O–H groups in total. The molecule has 2 aliphatic heterocycles. The summed E-state index contributed by atoms with van der Waals surface area (Å²) in [7, 11) is 1.60. The van der Waals surface area contributed by atoms with E-state index in [9.17, 15) is 9.59 Å². The van der Waals surface area contributed by atoms with Crippen molar-refractivity contribution in [1.29, 1.82) is 0 Å². The highest BCUT2D eigenvalue weighted by Crippen LogP contribution is 2.47. The number of benzene rings is 2. The van der Waals surface area contributed by atoms with Crippen molar-refractivity contribution in [3.63, 3.8) is 0 Å². The molecule has 2 aliphatic rings. The zero-order valence-electron chi connectivity index (χ0n) is 16.1. The number of thioether (sulfide) groups is 1. The Labute approximate surface area is 178 Å². The number of methoxy groups -OCH3 is 1. The molecule has 6 nitrogen and oxygen atoms in total. The zero-order valence-corrected chi connectivity index (χ0v) is 17.7. The Kier molecular flexibility index (Phi) is 5.36. The van der Waals surface area contributed by atoms with Crippen LogP contribution in [0, 0.1) is 0 Å². The Morgan fingerprint density at radius 3 is 2.69 bits per heavy atom. The van der Waals surface area contributed by atoms with Gasteiger partial charge in [-0.15, -0.1) is 11.8 Å². The van der Waals surface area contributed by atoms with Crippen LogP contribution in [0.2, 0.25) is 5.02 Å². The van der Waals surface area contributed by atoms with Crippen molar-refractivity contribution in [2.75, 3.05) is 18.2 Å². The van der Waals surface area contributed by atoms with Crippen molar-refractivity contribution in [3.8, 4) is 17.2 Å². The molecule has 8 heteroatoms. The lowest BCUT2D eigenvalue weighted by Crippen LogP contribution is -2.48. The van der Waals surface area contributed by atoms with Crippen molar-refractivity contribution in [2.24, 2.45) is 0 Å². The number of nitrogens with zero attached hydrogens (tertiary/aromatic N) is 1. The van der Waals surface area contributed by atoms with Crippen LogP contribution in [0.5, 0.6) is 17.2 Å². The summed E-state index contributed by atoms with van der Waals surface area (Å²) in [5, 5.41) is 3.38. The van der Waals surface area contributed by atoms with Gasteiger partial charge in [-0.3, -0.25) is 9.59 Å². The maximum Gasteiger partial charge on any atom is 0.248 e. The lowest BCUT2D eigenvalue weighted by Gasteiger charge is -2.30. The molecule has 0 bridgehead atoms. The van der Waals surface area contributed by atoms with E-state index in [4.69, 9.17) is 21.1 Å². The summed E-state index contributed by atoms with van der Waals surface area (Å²) in [6, 6.07) is 11.7. The summed E-state index contributed by atoms with van der Waals surface area (Å²) in [5.74, 6) is 2.15. The van der Waals surface area contributed by atoms with Crippen molar-refractivity contribution in [1.82, 2.24) is 4.90 Å². The molecule has 0 aliphatic carbocycles. The van der Waals surface area contributed by atoms with Crippen molar-refractivity contribution in [3.05, 3.63) is 47.5 Å². The van der Waals surface area contributed by atoms with Gasteiger partial charge < -0.3 is 19.7 Å². The summed E-state index contributed by atoms with van der Waals surface area (Å²) < 4.78 is 11.1. The van der Waals surface area contributed by atoms with Crippen LogP contribution in [0.25, 0.3) is 0 Å². The molecule has 29 heavy (non-hydrogen) atoms. The van der Waals surface area contributed by atoms with E-state index in [1.807, 2.05) is 6.92 Å². The molecule has 0 aromatic heterocycles. The minimum atomic E-state index is -0.507. The number of anilines is 1. The maximum absolute atomic E-state index is 13.0. The van der Waals surface area contributed by atoms with Crippen LogP contribution in [-0.4, -0.2) is 40.5 Å². The molecule has 152 valence electrons. The molecule has 4 rings (SSSR count). The van der Waals surface area contributed by atoms with Crippen LogP contribution in [-0.2, 0) is 9.59 Å². The van der Waals surface area contributed by atoms with Crippen LogP contribution >= 0.6 is 23.4 Å². The van der Waals surface area contributed by atoms with Gasteiger partial charge in [-0.25, -0.2) is 0 Å². The highest BCUT2D eigenvalue weighted by atomic mass is 35.5. The summed E-state index contributed by atoms with van der Waals surface area (Å²) >= 11 is 7.80. The van der Waals surface area contributed by atoms with Crippen LogP contribution in [0.15, 0.2) is 42.5 Å². The molecule has 2 amide bonds. The fourth-order valence-corrected chi connectivity index (χ4v) is 5.29. The number of carbonyl (C=O) groups is 2. The molecule has 2 aromatic carbocycles. The zero-order chi connectivity index (χ0) is 20.6. The topological polar surface area (TPSA) is 67.9 Å². The average Bonchev–Trinajstić information content (AvgIpc) is 3.20. The second-order valence-corrected chi connectivity index (χ2v) is 9.11. The number of nitrogens with one attached hydrogen (secondary N) is 1. The molecule has 0 radical (unpaired) electrons. The predicted octanol–water partition coefficient (Wildman–Crippen LogP) is 4.53. The minimum absolute atomic E-state index is 0.0263. The maximum atomic E-state index is 13.0. The number of hydrogen-bond acceptors (Lipinski definition) is 5. The van der Waals surface area contributed by atoms with Gasteiger partial charge in [-0.1, -0.05) is 11.6 Å². The van der Waals surface area contributed by atoms with Gasteiger partial charge in [0, 0.05) is 17.2 Å². The third kappa shape index (κ3) is 3.89. The van der Waals surface area contributed by atoms with Gasteiger partial charge in [0.2, 0.25) is 11.8 Å². The standard InChI is InChI=1S/C21H21ClN2O4S/c1-21-10-9-19(25)24(21)17(12-29-21)20(26)23-16-11-13(22)3-8-18(16)28-15-6-4-14(27-2)5-7-15/h3-8,11,17H,9-10,12H2,1-2H3,(H,23,26). The summed E-state index contributed by atoms with van der Waals surface area (Å²) in [5.41, 5.74) is 0.462. The molecular weight excluding hydrogens is 412 g/mol. The summed E-state index contributed by atoms with van der Waals surface area (Å²) in [6.45, 7) is 2.02. The van der Waals surface area contributed by atoms with Crippen LogP contribution in [0.4, 0.5) is 5.69 Å². The van der Waals surface area contributed by atoms with Crippen LogP contribution in [0.3, 0.4) is 0 Å². The molecule has 2 fully saturated rings. The molecule has 2 unspecified atom stereocenters. The first-order valence-corrected chi connectivity index (χ1v) is 10.6. The molecule has 0 saturated carbocycles. The van der Waals surface area contributed by atoms with Crippen LogP contribution < -0.4 is 14.8 Å². The number of amides is 2. The summed E-state index contributed by atoms with van der Waals surface area (Å²) in [6.07, 6.45) is 1.25. The van der Waals surface area contributed by atoms with Crippen LogP contribution in [0.1, 0.15) is 19.8 Å². The monoisotopic (exact) mass is 432 g/mol. The summed E-state index contributed by atoms with van der Waals surface area (Å²) in [4.78, 5) is 26.8. The minimum Gasteiger partial charge on any atom is -0.497 e. The third-order valence-corrected chi connectivity index (χ3v) is 6.97. The Bertz CT molecular complexity index is 952. The normalized spacial score (nSPS) is 23.1. The fourth-order valence-electron chi connectivity index (χ4n) is 3.69. The van der Waals surface area contributed by atoms with E-state index >= 15 is 0 Å². The SMILES string of the molecule is COc1ccc(Oc2ccc(Cl)cc2NC(=O)C2CSC3(C)CCC(=O)N23)cc1. The number of rotatable bonds is 5. The van der Waals surface area contributed by atoms with Gasteiger partial charge in [0.1, 0.15) is 17.5 Å². The van der Waals surface area contributed by atoms with Crippen molar-refractivity contribution in [2.45, 2.75) is 30.7 Å². The first-order valence-electron chi connectivity index (χ1n) is 9.28. The van der Waals surface area contributed by atoms with Gasteiger partial charge in [-0.2, -0.15) is 0 Å². The van der Waals surface area contributed by atoms with E-state index in [0.29, 0.717) is 34.4 Å². The third-order valence-electron chi connectivity index (χ3n) is 5.23.